The summed E-state index contributed by atoms with van der Waals surface area (Å²) >= 11 is 2.45. The number of nitrogens with one attached hydrogen (secondary N) is 2. The van der Waals surface area contributed by atoms with Gasteiger partial charge in [0.05, 0.1) is 18.0 Å². The van der Waals surface area contributed by atoms with Gasteiger partial charge in [-0.3, -0.25) is 10.1 Å². The van der Waals surface area contributed by atoms with E-state index in [0.717, 1.165) is 0 Å². The molecule has 11 heteroatoms. The number of carbonyl (C=O) groups excluding carboxylic acids is 2. The van der Waals surface area contributed by atoms with Crippen molar-refractivity contribution in [3.63, 3.8) is 0 Å². The number of carbonyl (C=O) groups is 2. The third kappa shape index (κ3) is 5.88. The fraction of sp³-hybridized carbons (Fsp3) is 0.412. The van der Waals surface area contributed by atoms with E-state index in [1.165, 1.54) is 47.4 Å². The number of amides is 3. The summed E-state index contributed by atoms with van der Waals surface area (Å²) in [6, 6.07) is 4.90. The summed E-state index contributed by atoms with van der Waals surface area (Å²) in [7, 11) is 0. The molecule has 0 spiro atoms. The van der Waals surface area contributed by atoms with Crippen molar-refractivity contribution < 1.29 is 18.7 Å². The Balaban J connectivity index is 1.46. The Hall–Kier alpha value is -2.24. The Bertz CT molecular complexity index is 822. The highest BCUT2D eigenvalue weighted by molar-refractivity contribution is 8.01. The van der Waals surface area contributed by atoms with E-state index in [2.05, 4.69) is 20.8 Å². The predicted molar refractivity (Wildman–Crippen MR) is 106 cm³/mol. The van der Waals surface area contributed by atoms with Crippen LogP contribution in [0.15, 0.2) is 28.6 Å². The van der Waals surface area contributed by atoms with Gasteiger partial charge in [0.1, 0.15) is 5.82 Å². The van der Waals surface area contributed by atoms with Gasteiger partial charge in [0.25, 0.3) is 0 Å². The molecule has 1 saturated heterocycles. The number of halogens is 1. The minimum absolute atomic E-state index is 0.0192. The Morgan fingerprint density at radius 3 is 2.57 bits per heavy atom. The first-order chi connectivity index (χ1) is 13.4. The van der Waals surface area contributed by atoms with Crippen molar-refractivity contribution >= 4 is 45.9 Å². The molecule has 2 atom stereocenters. The standard InChI is InChI=1S/C17H20FN5O3S2/c1-10-7-23(8-11(2)26-10)14(24)9-27-17-22-21-16(28-17)20-15(25)19-13-5-3-12(18)4-6-13/h3-6,10-11H,7-9H2,1-2H3,(H2,19,20,21,25). The summed E-state index contributed by atoms with van der Waals surface area (Å²) in [5.41, 5.74) is 0.456. The third-order valence-electron chi connectivity index (χ3n) is 3.82. The Kier molecular flexibility index (Phi) is 6.81. The van der Waals surface area contributed by atoms with Crippen LogP contribution in [0, 0.1) is 5.82 Å². The van der Waals surface area contributed by atoms with Crippen LogP contribution < -0.4 is 10.6 Å². The molecule has 1 aliphatic heterocycles. The number of ether oxygens (including phenoxy) is 1. The van der Waals surface area contributed by atoms with Gasteiger partial charge in [-0.05, 0) is 38.1 Å². The average molecular weight is 426 g/mol. The number of nitrogens with zero attached hydrogens (tertiary/aromatic N) is 3. The highest BCUT2D eigenvalue weighted by Crippen LogP contribution is 2.26. The van der Waals surface area contributed by atoms with Crippen molar-refractivity contribution in [2.75, 3.05) is 29.5 Å². The van der Waals surface area contributed by atoms with Crippen LogP contribution >= 0.6 is 23.1 Å². The number of benzene rings is 1. The monoisotopic (exact) mass is 425 g/mol. The van der Waals surface area contributed by atoms with Crippen LogP contribution in [0.3, 0.4) is 0 Å². The van der Waals surface area contributed by atoms with E-state index in [0.29, 0.717) is 28.2 Å². The maximum Gasteiger partial charge on any atom is 0.325 e. The van der Waals surface area contributed by atoms with Gasteiger partial charge in [-0.1, -0.05) is 23.1 Å². The van der Waals surface area contributed by atoms with Gasteiger partial charge in [-0.2, -0.15) is 0 Å². The van der Waals surface area contributed by atoms with Gasteiger partial charge in [0, 0.05) is 18.8 Å². The zero-order chi connectivity index (χ0) is 20.1. The molecule has 1 aromatic carbocycles. The number of hydrogen-bond acceptors (Lipinski definition) is 7. The molecule has 1 aromatic heterocycles. The molecule has 1 aliphatic rings. The molecule has 0 radical (unpaired) electrons. The highest BCUT2D eigenvalue weighted by atomic mass is 32.2. The molecular weight excluding hydrogens is 405 g/mol. The molecule has 0 aliphatic carbocycles. The van der Waals surface area contributed by atoms with E-state index in [1.807, 2.05) is 13.8 Å². The number of thioether (sulfide) groups is 1. The van der Waals surface area contributed by atoms with Crippen LogP contribution in [-0.2, 0) is 9.53 Å². The molecule has 150 valence electrons. The van der Waals surface area contributed by atoms with Crippen molar-refractivity contribution in [2.24, 2.45) is 0 Å². The predicted octanol–water partition coefficient (Wildman–Crippen LogP) is 3.05. The lowest BCUT2D eigenvalue weighted by molar-refractivity contribution is -0.140. The van der Waals surface area contributed by atoms with Crippen LogP contribution in [0.5, 0.6) is 0 Å². The van der Waals surface area contributed by atoms with Crippen molar-refractivity contribution in [1.29, 1.82) is 0 Å². The molecule has 3 rings (SSSR count). The van der Waals surface area contributed by atoms with Gasteiger partial charge in [0.15, 0.2) is 4.34 Å². The SMILES string of the molecule is CC1CN(C(=O)CSc2nnc(NC(=O)Nc3ccc(F)cc3)s2)CC(C)O1. The molecule has 2 aromatic rings. The van der Waals surface area contributed by atoms with Crippen molar-refractivity contribution in [3.05, 3.63) is 30.1 Å². The zero-order valence-corrected chi connectivity index (χ0v) is 17.0. The third-order valence-corrected chi connectivity index (χ3v) is 5.78. The van der Waals surface area contributed by atoms with E-state index < -0.39 is 6.03 Å². The molecule has 1 fully saturated rings. The fourth-order valence-electron chi connectivity index (χ4n) is 2.71. The molecule has 8 nitrogen and oxygen atoms in total. The normalized spacial score (nSPS) is 19.3. The number of rotatable bonds is 5. The lowest BCUT2D eigenvalue weighted by Crippen LogP contribution is -2.48. The van der Waals surface area contributed by atoms with Crippen molar-refractivity contribution in [2.45, 2.75) is 30.4 Å². The minimum atomic E-state index is -0.508. The summed E-state index contributed by atoms with van der Waals surface area (Å²) < 4.78 is 19.1. The second-order valence-corrected chi connectivity index (χ2v) is 8.50. The Morgan fingerprint density at radius 2 is 1.89 bits per heavy atom. The van der Waals surface area contributed by atoms with E-state index in [9.17, 15) is 14.0 Å². The second-order valence-electron chi connectivity index (χ2n) is 6.30. The van der Waals surface area contributed by atoms with E-state index in [1.54, 1.807) is 4.90 Å². The van der Waals surface area contributed by atoms with Crippen LogP contribution in [0.1, 0.15) is 13.8 Å². The summed E-state index contributed by atoms with van der Waals surface area (Å²) in [4.78, 5) is 26.1. The molecule has 3 amide bonds. The fourth-order valence-corrected chi connectivity index (χ4v) is 4.36. The number of morpholine rings is 1. The van der Waals surface area contributed by atoms with E-state index in [4.69, 9.17) is 4.74 Å². The number of hydrogen-bond donors (Lipinski definition) is 2. The van der Waals surface area contributed by atoms with Crippen LogP contribution in [0.2, 0.25) is 0 Å². The van der Waals surface area contributed by atoms with Gasteiger partial charge in [0.2, 0.25) is 11.0 Å². The summed E-state index contributed by atoms with van der Waals surface area (Å²) in [5.74, 6) is -0.117. The summed E-state index contributed by atoms with van der Waals surface area (Å²) in [6.45, 7) is 5.05. The maximum absolute atomic E-state index is 12.9. The van der Waals surface area contributed by atoms with Crippen molar-refractivity contribution in [3.8, 4) is 0 Å². The van der Waals surface area contributed by atoms with Crippen LogP contribution in [-0.4, -0.2) is 58.1 Å². The zero-order valence-electron chi connectivity index (χ0n) is 15.3. The first kappa shape index (κ1) is 20.5. The Morgan fingerprint density at radius 1 is 1.21 bits per heavy atom. The molecule has 2 heterocycles. The summed E-state index contributed by atoms with van der Waals surface area (Å²) in [5, 5.41) is 13.3. The quantitative estimate of drug-likeness (QED) is 0.565. The minimum Gasteiger partial charge on any atom is -0.372 e. The smallest absolute Gasteiger partial charge is 0.325 e. The second kappa shape index (κ2) is 9.30. The first-order valence-electron chi connectivity index (χ1n) is 8.62. The molecule has 0 bridgehead atoms. The number of anilines is 2. The molecule has 2 unspecified atom stereocenters. The van der Waals surface area contributed by atoms with Gasteiger partial charge < -0.3 is 15.0 Å². The van der Waals surface area contributed by atoms with Gasteiger partial charge in [-0.25, -0.2) is 9.18 Å². The van der Waals surface area contributed by atoms with Gasteiger partial charge >= 0.3 is 6.03 Å². The molecule has 2 N–H and O–H groups in total. The lowest BCUT2D eigenvalue weighted by Gasteiger charge is -2.35. The Labute approximate surface area is 169 Å². The molecule has 28 heavy (non-hydrogen) atoms. The van der Waals surface area contributed by atoms with Crippen molar-refractivity contribution in [1.82, 2.24) is 15.1 Å². The highest BCUT2D eigenvalue weighted by Gasteiger charge is 2.26. The van der Waals surface area contributed by atoms with Crippen LogP contribution in [0.4, 0.5) is 20.0 Å². The maximum atomic E-state index is 12.9. The van der Waals surface area contributed by atoms with Crippen LogP contribution in [0.25, 0.3) is 0 Å². The topological polar surface area (TPSA) is 96.5 Å². The first-order valence-corrected chi connectivity index (χ1v) is 10.4. The average Bonchev–Trinajstić information content (AvgIpc) is 3.08. The van der Waals surface area contributed by atoms with E-state index >= 15 is 0 Å². The summed E-state index contributed by atoms with van der Waals surface area (Å²) in [6.07, 6.45) is 0.0457. The molecule has 0 saturated carbocycles. The molecular formula is C17H20FN5O3S2. The van der Waals surface area contributed by atoms with E-state index in [-0.39, 0.29) is 29.7 Å². The number of aromatic nitrogens is 2. The lowest BCUT2D eigenvalue weighted by atomic mass is 10.2. The number of urea groups is 1. The van der Waals surface area contributed by atoms with Gasteiger partial charge in [-0.15, -0.1) is 10.2 Å². The largest absolute Gasteiger partial charge is 0.372 e.